The fourth-order valence-corrected chi connectivity index (χ4v) is 5.72. The van der Waals surface area contributed by atoms with E-state index >= 15 is 0 Å². The Balaban J connectivity index is 1.55. The van der Waals surface area contributed by atoms with Gasteiger partial charge in [-0.3, -0.25) is 0 Å². The predicted molar refractivity (Wildman–Crippen MR) is 117 cm³/mol. The van der Waals surface area contributed by atoms with Crippen molar-refractivity contribution in [3.8, 4) is 5.69 Å². The highest BCUT2D eigenvalue weighted by Gasteiger charge is 2.62. The Morgan fingerprint density at radius 3 is 2.57 bits per heavy atom. The van der Waals surface area contributed by atoms with Gasteiger partial charge in [0.05, 0.1) is 22.0 Å². The van der Waals surface area contributed by atoms with Gasteiger partial charge in [0.1, 0.15) is 12.3 Å². The number of rotatable bonds is 4. The van der Waals surface area contributed by atoms with Gasteiger partial charge in [-0.2, -0.15) is 5.10 Å². The normalized spacial score (nSPS) is 23.4. The SMILES string of the molecule is CC12CCC(c3c(COC(=O)c4ccccc4Cl)nn(-c4ccccc4)c31)C2(C)C. The van der Waals surface area contributed by atoms with Crippen LogP contribution in [-0.2, 0) is 16.8 Å². The molecule has 2 aromatic carbocycles. The van der Waals surface area contributed by atoms with E-state index in [2.05, 4.69) is 37.6 Å². The maximum atomic E-state index is 12.6. The van der Waals surface area contributed by atoms with E-state index in [-0.39, 0.29) is 17.4 Å². The molecule has 154 valence electrons. The topological polar surface area (TPSA) is 44.1 Å². The number of carbonyl (C=O) groups is 1. The molecular formula is C25H25ClN2O2. The molecule has 0 spiro atoms. The van der Waals surface area contributed by atoms with Crippen LogP contribution in [0.4, 0.5) is 0 Å². The molecule has 3 aromatic rings. The average molecular weight is 421 g/mol. The zero-order chi connectivity index (χ0) is 21.1. The monoisotopic (exact) mass is 420 g/mol. The summed E-state index contributed by atoms with van der Waals surface area (Å²) >= 11 is 6.17. The molecule has 5 rings (SSSR count). The van der Waals surface area contributed by atoms with Gasteiger partial charge in [-0.25, -0.2) is 9.48 Å². The predicted octanol–water partition coefficient (Wildman–Crippen LogP) is 6.06. The summed E-state index contributed by atoms with van der Waals surface area (Å²) in [6, 6.07) is 17.2. The zero-order valence-corrected chi connectivity index (χ0v) is 18.2. The van der Waals surface area contributed by atoms with Crippen molar-refractivity contribution in [3.05, 3.63) is 82.1 Å². The Morgan fingerprint density at radius 1 is 1.13 bits per heavy atom. The van der Waals surface area contributed by atoms with E-state index in [0.29, 0.717) is 16.5 Å². The van der Waals surface area contributed by atoms with Crippen LogP contribution in [0.15, 0.2) is 54.6 Å². The number of hydrogen-bond donors (Lipinski definition) is 0. The third kappa shape index (κ3) is 2.59. The highest BCUT2D eigenvalue weighted by atomic mass is 35.5. The average Bonchev–Trinajstić information content (AvgIpc) is 3.29. The quantitative estimate of drug-likeness (QED) is 0.482. The van der Waals surface area contributed by atoms with Gasteiger partial charge in [0.15, 0.2) is 0 Å². The third-order valence-corrected chi connectivity index (χ3v) is 7.86. The van der Waals surface area contributed by atoms with Crippen LogP contribution in [0.5, 0.6) is 0 Å². The number of ether oxygens (including phenoxy) is 1. The molecule has 0 amide bonds. The Labute approximate surface area is 181 Å². The zero-order valence-electron chi connectivity index (χ0n) is 17.5. The minimum atomic E-state index is -0.419. The first-order valence-corrected chi connectivity index (χ1v) is 10.8. The third-order valence-electron chi connectivity index (χ3n) is 7.53. The van der Waals surface area contributed by atoms with Gasteiger partial charge in [-0.15, -0.1) is 0 Å². The number of para-hydroxylation sites is 1. The lowest BCUT2D eigenvalue weighted by Gasteiger charge is -2.35. The first-order valence-electron chi connectivity index (χ1n) is 10.4. The second kappa shape index (κ2) is 6.71. The molecule has 2 aliphatic rings. The number of halogens is 1. The molecule has 0 N–H and O–H groups in total. The molecule has 0 aliphatic heterocycles. The number of benzene rings is 2. The van der Waals surface area contributed by atoms with Crippen molar-refractivity contribution in [2.45, 2.75) is 51.6 Å². The highest BCUT2D eigenvalue weighted by molar-refractivity contribution is 6.33. The molecule has 0 saturated heterocycles. The highest BCUT2D eigenvalue weighted by Crippen LogP contribution is 2.68. The van der Waals surface area contributed by atoms with Crippen LogP contribution in [-0.4, -0.2) is 15.7 Å². The number of fused-ring (bicyclic) bond motifs is 5. The van der Waals surface area contributed by atoms with Crippen LogP contribution in [0, 0.1) is 5.41 Å². The molecule has 5 heteroatoms. The van der Waals surface area contributed by atoms with E-state index in [1.165, 1.54) is 11.3 Å². The molecule has 0 radical (unpaired) electrons. The standard InChI is InChI=1S/C25H25ClN2O2/c1-24(2)18-13-14-25(24,3)22-21(18)20(27-28(22)16-9-5-4-6-10-16)15-30-23(29)17-11-7-8-12-19(17)26/h4-12,18H,13-15H2,1-3H3. The number of carbonyl (C=O) groups excluding carboxylic acids is 1. The minimum Gasteiger partial charge on any atom is -0.455 e. The molecule has 2 unspecified atom stereocenters. The summed E-state index contributed by atoms with van der Waals surface area (Å²) in [6.07, 6.45) is 2.29. The van der Waals surface area contributed by atoms with Gasteiger partial charge in [0, 0.05) is 11.0 Å². The first kappa shape index (κ1) is 19.4. The smallest absolute Gasteiger partial charge is 0.340 e. The second-order valence-corrected chi connectivity index (χ2v) is 9.56. The van der Waals surface area contributed by atoms with E-state index in [4.69, 9.17) is 21.4 Å². The van der Waals surface area contributed by atoms with Crippen LogP contribution in [0.25, 0.3) is 5.69 Å². The van der Waals surface area contributed by atoms with Gasteiger partial charge >= 0.3 is 5.97 Å². The van der Waals surface area contributed by atoms with Gasteiger partial charge in [-0.1, -0.05) is 62.7 Å². The van der Waals surface area contributed by atoms with E-state index in [0.717, 1.165) is 24.2 Å². The molecule has 1 fully saturated rings. The fourth-order valence-electron chi connectivity index (χ4n) is 5.50. The minimum absolute atomic E-state index is 0.0425. The summed E-state index contributed by atoms with van der Waals surface area (Å²) in [5, 5.41) is 5.35. The lowest BCUT2D eigenvalue weighted by atomic mass is 9.70. The number of esters is 1. The Hall–Kier alpha value is -2.59. The maximum Gasteiger partial charge on any atom is 0.340 e. The summed E-state index contributed by atoms with van der Waals surface area (Å²) in [7, 11) is 0. The molecule has 2 aliphatic carbocycles. The van der Waals surface area contributed by atoms with Crippen LogP contribution in [0.3, 0.4) is 0 Å². The summed E-state index contributed by atoms with van der Waals surface area (Å²) < 4.78 is 7.76. The summed E-state index contributed by atoms with van der Waals surface area (Å²) in [5.41, 5.74) is 5.01. The van der Waals surface area contributed by atoms with Crippen LogP contribution < -0.4 is 0 Å². The summed E-state index contributed by atoms with van der Waals surface area (Å²) in [6.45, 7) is 7.23. The molecule has 1 saturated carbocycles. The van der Waals surface area contributed by atoms with Crippen molar-refractivity contribution < 1.29 is 9.53 Å². The van der Waals surface area contributed by atoms with Gasteiger partial charge in [-0.05, 0) is 48.4 Å². The van der Waals surface area contributed by atoms with Crippen LogP contribution >= 0.6 is 11.6 Å². The largest absolute Gasteiger partial charge is 0.455 e. The number of hydrogen-bond acceptors (Lipinski definition) is 3. The van der Waals surface area contributed by atoms with Gasteiger partial charge in [0.25, 0.3) is 0 Å². The van der Waals surface area contributed by atoms with Crippen molar-refractivity contribution in [2.75, 3.05) is 0 Å². The van der Waals surface area contributed by atoms with Crippen molar-refractivity contribution >= 4 is 17.6 Å². The first-order chi connectivity index (χ1) is 14.3. The van der Waals surface area contributed by atoms with Crippen molar-refractivity contribution in [3.63, 3.8) is 0 Å². The molecule has 30 heavy (non-hydrogen) atoms. The van der Waals surface area contributed by atoms with Gasteiger partial charge in [0.2, 0.25) is 0 Å². The lowest BCUT2D eigenvalue weighted by molar-refractivity contribution is 0.0465. The molecule has 2 bridgehead atoms. The molecule has 1 aromatic heterocycles. The van der Waals surface area contributed by atoms with E-state index < -0.39 is 5.97 Å². The Kier molecular flexibility index (Phi) is 4.33. The van der Waals surface area contributed by atoms with E-state index in [9.17, 15) is 4.79 Å². The Morgan fingerprint density at radius 2 is 1.83 bits per heavy atom. The Bertz CT molecular complexity index is 1140. The van der Waals surface area contributed by atoms with E-state index in [1.807, 2.05) is 18.2 Å². The molecule has 4 nitrogen and oxygen atoms in total. The fraction of sp³-hybridized carbons (Fsp3) is 0.360. The van der Waals surface area contributed by atoms with Gasteiger partial charge < -0.3 is 4.74 Å². The van der Waals surface area contributed by atoms with Crippen molar-refractivity contribution in [1.82, 2.24) is 9.78 Å². The van der Waals surface area contributed by atoms with Crippen LogP contribution in [0.2, 0.25) is 5.02 Å². The number of aromatic nitrogens is 2. The molecular weight excluding hydrogens is 396 g/mol. The van der Waals surface area contributed by atoms with Crippen LogP contribution in [0.1, 0.15) is 66.8 Å². The van der Waals surface area contributed by atoms with E-state index in [1.54, 1.807) is 24.3 Å². The molecule has 1 heterocycles. The molecule has 2 atom stereocenters. The lowest BCUT2D eigenvalue weighted by Crippen LogP contribution is -2.33. The number of nitrogens with zero attached hydrogens (tertiary/aromatic N) is 2. The van der Waals surface area contributed by atoms with Crippen molar-refractivity contribution in [1.29, 1.82) is 0 Å². The summed E-state index contributed by atoms with van der Waals surface area (Å²) in [5.74, 6) is 0.00113. The summed E-state index contributed by atoms with van der Waals surface area (Å²) in [4.78, 5) is 12.6. The van der Waals surface area contributed by atoms with Crippen molar-refractivity contribution in [2.24, 2.45) is 5.41 Å². The maximum absolute atomic E-state index is 12.6. The second-order valence-electron chi connectivity index (χ2n) is 9.16.